The maximum Gasteiger partial charge on any atom is 0.255 e. The Morgan fingerprint density at radius 1 is 0.833 bits per heavy atom. The molecule has 0 radical (unpaired) electrons. The lowest BCUT2D eigenvalue weighted by Crippen LogP contribution is -2.49. The average molecular weight is 328 g/mol. The van der Waals surface area contributed by atoms with Gasteiger partial charge in [-0.05, 0) is 11.1 Å². The van der Waals surface area contributed by atoms with Gasteiger partial charge in [0.2, 0.25) is 5.91 Å². The maximum absolute atomic E-state index is 12.5. The second-order valence-electron chi connectivity index (χ2n) is 5.46. The minimum atomic E-state index is -1.94. The van der Waals surface area contributed by atoms with E-state index >= 15 is 0 Å². The van der Waals surface area contributed by atoms with Gasteiger partial charge in [-0.15, -0.1) is 0 Å². The minimum absolute atomic E-state index is 0.233. The van der Waals surface area contributed by atoms with E-state index in [2.05, 4.69) is 0 Å². The topological polar surface area (TPSA) is 104 Å². The van der Waals surface area contributed by atoms with Gasteiger partial charge >= 0.3 is 0 Å². The van der Waals surface area contributed by atoms with E-state index in [0.29, 0.717) is 0 Å². The molecule has 2 unspecified atom stereocenters. The molecule has 0 spiro atoms. The van der Waals surface area contributed by atoms with Gasteiger partial charge in [-0.1, -0.05) is 60.7 Å². The fraction of sp³-hybridized carbons (Fsp3) is 0.222. The van der Waals surface area contributed by atoms with Gasteiger partial charge in [-0.2, -0.15) is 0 Å². The number of amides is 2. The molecule has 2 aromatic carbocycles. The average Bonchev–Trinajstić information content (AvgIpc) is 2.61. The first-order valence-corrected chi connectivity index (χ1v) is 7.51. The van der Waals surface area contributed by atoms with Crippen LogP contribution < -0.4 is 5.73 Å². The number of aliphatic hydroxyl groups excluding tert-OH is 2. The molecule has 0 aliphatic heterocycles. The Bertz CT molecular complexity index is 634. The third-order valence-electron chi connectivity index (χ3n) is 3.59. The van der Waals surface area contributed by atoms with Crippen molar-refractivity contribution in [2.45, 2.75) is 25.3 Å². The van der Waals surface area contributed by atoms with Crippen LogP contribution in [0.4, 0.5) is 0 Å². The van der Waals surface area contributed by atoms with Crippen LogP contribution in [0.5, 0.6) is 0 Å². The summed E-state index contributed by atoms with van der Waals surface area (Å²) in [6.07, 6.45) is -3.83. The van der Waals surface area contributed by atoms with Crippen LogP contribution in [0, 0.1) is 0 Å². The predicted octanol–water partition coefficient (Wildman–Crippen LogP) is 0.423. The summed E-state index contributed by atoms with van der Waals surface area (Å²) in [5.74, 6) is -1.90. The number of carbonyl (C=O) groups is 2. The van der Waals surface area contributed by atoms with E-state index in [1.807, 2.05) is 60.7 Å². The van der Waals surface area contributed by atoms with E-state index < -0.39 is 24.0 Å². The quantitative estimate of drug-likeness (QED) is 0.685. The Morgan fingerprint density at radius 3 is 1.62 bits per heavy atom. The van der Waals surface area contributed by atoms with Crippen molar-refractivity contribution in [3.8, 4) is 0 Å². The van der Waals surface area contributed by atoms with Gasteiger partial charge in [0, 0.05) is 13.1 Å². The first-order chi connectivity index (χ1) is 11.5. The van der Waals surface area contributed by atoms with Gasteiger partial charge in [0.15, 0.2) is 12.2 Å². The van der Waals surface area contributed by atoms with E-state index in [9.17, 15) is 19.8 Å². The summed E-state index contributed by atoms with van der Waals surface area (Å²) in [5.41, 5.74) is 6.69. The number of hydrogen-bond donors (Lipinski definition) is 3. The fourth-order valence-electron chi connectivity index (χ4n) is 2.30. The lowest BCUT2D eigenvalue weighted by molar-refractivity contribution is -0.152. The normalized spacial score (nSPS) is 13.1. The molecule has 4 N–H and O–H groups in total. The van der Waals surface area contributed by atoms with Gasteiger partial charge in [0.1, 0.15) is 0 Å². The summed E-state index contributed by atoms with van der Waals surface area (Å²) in [5, 5.41) is 19.5. The summed E-state index contributed by atoms with van der Waals surface area (Å²) in [6, 6.07) is 18.5. The van der Waals surface area contributed by atoms with Crippen molar-refractivity contribution in [3.05, 3.63) is 71.8 Å². The standard InChI is InChI=1S/C18H20N2O4/c19-17(23)15(21)16(22)18(24)20(11-13-7-3-1-4-8-13)12-14-9-5-2-6-10-14/h1-10,15-16,21-22H,11-12H2,(H2,19,23). The van der Waals surface area contributed by atoms with E-state index in [4.69, 9.17) is 5.73 Å². The smallest absolute Gasteiger partial charge is 0.255 e. The Labute approximate surface area is 140 Å². The number of nitrogens with zero attached hydrogens (tertiary/aromatic N) is 1. The predicted molar refractivity (Wildman–Crippen MR) is 88.3 cm³/mol. The van der Waals surface area contributed by atoms with Crippen LogP contribution in [-0.4, -0.2) is 39.1 Å². The molecule has 0 heterocycles. The van der Waals surface area contributed by atoms with Crippen molar-refractivity contribution >= 4 is 11.8 Å². The zero-order chi connectivity index (χ0) is 17.5. The molecule has 2 amide bonds. The Balaban J connectivity index is 2.21. The maximum atomic E-state index is 12.5. The Hall–Kier alpha value is -2.70. The third kappa shape index (κ3) is 4.65. The molecular formula is C18H20N2O4. The first-order valence-electron chi connectivity index (χ1n) is 7.51. The molecule has 0 saturated carbocycles. The third-order valence-corrected chi connectivity index (χ3v) is 3.59. The fourth-order valence-corrected chi connectivity index (χ4v) is 2.30. The first kappa shape index (κ1) is 17.7. The molecule has 0 aromatic heterocycles. The molecule has 2 atom stereocenters. The molecule has 0 fully saturated rings. The molecule has 24 heavy (non-hydrogen) atoms. The van der Waals surface area contributed by atoms with Gasteiger partial charge in [-0.25, -0.2) is 0 Å². The summed E-state index contributed by atoms with van der Waals surface area (Å²) in [4.78, 5) is 24.9. The highest BCUT2D eigenvalue weighted by Crippen LogP contribution is 2.13. The lowest BCUT2D eigenvalue weighted by atomic mass is 10.1. The van der Waals surface area contributed by atoms with Crippen LogP contribution in [0.1, 0.15) is 11.1 Å². The zero-order valence-electron chi connectivity index (χ0n) is 13.1. The van der Waals surface area contributed by atoms with Gasteiger partial charge in [0.25, 0.3) is 5.91 Å². The van der Waals surface area contributed by atoms with Crippen molar-refractivity contribution in [1.82, 2.24) is 4.90 Å². The summed E-state index contributed by atoms with van der Waals surface area (Å²) >= 11 is 0. The monoisotopic (exact) mass is 328 g/mol. The number of carbonyl (C=O) groups excluding carboxylic acids is 2. The largest absolute Gasteiger partial charge is 0.380 e. The SMILES string of the molecule is NC(=O)C(O)C(O)C(=O)N(Cc1ccccc1)Cc1ccccc1. The van der Waals surface area contributed by atoms with Crippen molar-refractivity contribution in [2.24, 2.45) is 5.73 Å². The highest BCUT2D eigenvalue weighted by atomic mass is 16.3. The highest BCUT2D eigenvalue weighted by molar-refractivity contribution is 5.89. The van der Waals surface area contributed by atoms with Crippen LogP contribution in [0.25, 0.3) is 0 Å². The van der Waals surface area contributed by atoms with Gasteiger partial charge in [-0.3, -0.25) is 9.59 Å². The summed E-state index contributed by atoms with van der Waals surface area (Å²) in [6.45, 7) is 0.466. The molecule has 2 rings (SSSR count). The molecular weight excluding hydrogens is 308 g/mol. The van der Waals surface area contributed by atoms with E-state index in [-0.39, 0.29) is 13.1 Å². The molecule has 0 aliphatic rings. The Kier molecular flexibility index (Phi) is 6.06. The number of hydrogen-bond acceptors (Lipinski definition) is 4. The van der Waals surface area contributed by atoms with E-state index in [0.717, 1.165) is 11.1 Å². The number of aliphatic hydroxyl groups is 2. The molecule has 0 bridgehead atoms. The van der Waals surface area contributed by atoms with Crippen molar-refractivity contribution in [1.29, 1.82) is 0 Å². The minimum Gasteiger partial charge on any atom is -0.380 e. The number of primary amides is 1. The van der Waals surface area contributed by atoms with Gasteiger partial charge < -0.3 is 20.8 Å². The van der Waals surface area contributed by atoms with Gasteiger partial charge in [0.05, 0.1) is 0 Å². The van der Waals surface area contributed by atoms with Crippen LogP contribution in [0.3, 0.4) is 0 Å². The van der Waals surface area contributed by atoms with Crippen LogP contribution in [0.15, 0.2) is 60.7 Å². The lowest BCUT2D eigenvalue weighted by Gasteiger charge is -2.26. The number of nitrogens with two attached hydrogens (primary N) is 1. The van der Waals surface area contributed by atoms with Crippen LogP contribution >= 0.6 is 0 Å². The molecule has 126 valence electrons. The molecule has 2 aromatic rings. The second-order valence-corrected chi connectivity index (χ2v) is 5.46. The summed E-state index contributed by atoms with van der Waals surface area (Å²) in [7, 11) is 0. The van der Waals surface area contributed by atoms with Crippen LogP contribution in [-0.2, 0) is 22.7 Å². The van der Waals surface area contributed by atoms with Crippen molar-refractivity contribution < 1.29 is 19.8 Å². The molecule has 6 nitrogen and oxygen atoms in total. The van der Waals surface area contributed by atoms with E-state index in [1.54, 1.807) is 0 Å². The zero-order valence-corrected chi connectivity index (χ0v) is 13.1. The molecule has 0 aliphatic carbocycles. The highest BCUT2D eigenvalue weighted by Gasteiger charge is 2.32. The summed E-state index contributed by atoms with van der Waals surface area (Å²) < 4.78 is 0. The van der Waals surface area contributed by atoms with E-state index in [1.165, 1.54) is 4.90 Å². The van der Waals surface area contributed by atoms with Crippen LogP contribution in [0.2, 0.25) is 0 Å². The number of rotatable bonds is 7. The molecule has 0 saturated heterocycles. The van der Waals surface area contributed by atoms with Crippen molar-refractivity contribution in [3.63, 3.8) is 0 Å². The molecule has 6 heteroatoms. The van der Waals surface area contributed by atoms with Crippen molar-refractivity contribution in [2.75, 3.05) is 0 Å². The second kappa shape index (κ2) is 8.24. The Morgan fingerprint density at radius 2 is 1.25 bits per heavy atom. The number of benzene rings is 2.